The second-order valence-electron chi connectivity index (χ2n) is 36.6. The van der Waals surface area contributed by atoms with E-state index in [4.69, 9.17) is 29.9 Å². The van der Waals surface area contributed by atoms with Gasteiger partial charge < -0.3 is 13.7 Å². The third kappa shape index (κ3) is 14.1. The molecule has 662 valence electrons. The summed E-state index contributed by atoms with van der Waals surface area (Å²) in [6, 6.07) is 164. The molecule has 0 N–H and O–H groups in total. The second-order valence-corrected chi connectivity index (χ2v) is 39.8. The van der Waals surface area contributed by atoms with E-state index in [0.717, 1.165) is 119 Å². The van der Waals surface area contributed by atoms with Gasteiger partial charge in [-0.25, -0.2) is 29.9 Å². The lowest BCUT2D eigenvalue weighted by molar-refractivity contribution is 0.662. The molecule has 0 bridgehead atoms. The van der Waals surface area contributed by atoms with Gasteiger partial charge in [-0.2, -0.15) is 0 Å². The smallest absolute Gasteiger partial charge is 0.161 e. The van der Waals surface area contributed by atoms with Crippen LogP contribution in [-0.4, -0.2) is 43.6 Å². The van der Waals surface area contributed by atoms with E-state index in [-0.39, 0.29) is 5.41 Å². The summed E-state index contributed by atoms with van der Waals surface area (Å²) in [5.74, 6) is 2.17. The van der Waals surface area contributed by atoms with Crippen LogP contribution in [0.5, 0.6) is 0 Å². The van der Waals surface area contributed by atoms with Crippen molar-refractivity contribution in [1.29, 1.82) is 0 Å². The highest BCUT2D eigenvalue weighted by molar-refractivity contribution is 7.27. The van der Waals surface area contributed by atoms with E-state index < -0.39 is 0 Å². The molecule has 29 rings (SSSR count). The average Bonchev–Trinajstić information content (AvgIpc) is 1.60. The van der Waals surface area contributed by atoms with Gasteiger partial charge in [-0.05, 0) is 125 Å². The Morgan fingerprint density at radius 1 is 0.206 bits per heavy atom. The van der Waals surface area contributed by atoms with Gasteiger partial charge >= 0.3 is 0 Å². The largest absolute Gasteiger partial charge is 0.309 e. The van der Waals surface area contributed by atoms with Gasteiger partial charge in [0.15, 0.2) is 17.5 Å². The SMILES string of the molecule is CC1(C)c2ccccc2-c2cccc(-c3cc(-c4ccccc4)nc(-c4cc(-n5c6ccccc6c6ccccc65)cc5c4sc4ccccc45)n3)c21.c1ccc(-c2cc(-c3cc(-n4c5ccccc5c5ccccc54)cc4c3sc3ccccc34)nc(-c3ccccc3)n2)cc1.c1ccc(-c2ncc(-c3cc(-n4c5ccccc5c5ccccc54)cc4c3sc3ccccc34)c(-c3ccccc3)n2)cc1. The summed E-state index contributed by atoms with van der Waals surface area (Å²) in [5.41, 5.74) is 30.8. The van der Waals surface area contributed by atoms with E-state index in [2.05, 4.69) is 446 Å². The maximum absolute atomic E-state index is 5.56. The summed E-state index contributed by atoms with van der Waals surface area (Å²) in [6.45, 7) is 4.69. The Balaban J connectivity index is 0.000000107. The molecule has 28 aromatic rings. The van der Waals surface area contributed by atoms with Crippen molar-refractivity contribution in [1.82, 2.24) is 43.6 Å². The molecule has 0 spiro atoms. The standard InChI is InChI=1S/C49H33N3S.2C40H25N3S/c1-49(2)40-23-10-6-17-32(40)36-21-14-22-37(46(36)49)42-29-41(30-15-4-3-5-16-30)50-48(51-42)39-28-31(27-38-35-20-9-13-26-45(35)53-47(38)39)52-43-24-11-7-18-33(43)34-19-8-12-25-44(34)52;1-3-13-26(14-4-1)38-34(25-41-40(42-38)27-15-5-2-6-16-27)33-24-28(23-32-31-19-9-12-22-37(31)44-39(32)33)43-35-20-10-7-17-29(35)30-18-8-11-21-36(30)43;1-3-13-26(14-4-1)34-25-35(42-40(41-34)27-15-5-2-6-16-27)33-24-28(23-32-31-19-9-12-22-38(31)44-39(32)33)43-36-20-10-7-17-29(36)30-18-8-11-21-37(30)43/h3-29H,1-2H3;2*1-25H. The minimum Gasteiger partial charge on any atom is -0.309 e. The molecule has 0 unspecified atom stereocenters. The molecule has 0 saturated heterocycles. The van der Waals surface area contributed by atoms with Gasteiger partial charge in [0.05, 0.1) is 61.6 Å². The van der Waals surface area contributed by atoms with Crippen LogP contribution in [0.4, 0.5) is 0 Å². The van der Waals surface area contributed by atoms with Crippen molar-refractivity contribution in [2.45, 2.75) is 19.3 Å². The van der Waals surface area contributed by atoms with Crippen LogP contribution in [0.1, 0.15) is 25.0 Å². The molecule has 9 aromatic heterocycles. The number of thiophene rings is 3. The molecule has 0 atom stereocenters. The Bertz CT molecular complexity index is 9640. The molecular weight excluding hydrogens is 1770 g/mol. The Kier molecular flexibility index (Phi) is 20.0. The van der Waals surface area contributed by atoms with Crippen LogP contribution < -0.4 is 0 Å². The van der Waals surface area contributed by atoms with Crippen LogP contribution >= 0.6 is 34.0 Å². The summed E-state index contributed by atoms with van der Waals surface area (Å²) in [6.07, 6.45) is 2.02. The topological polar surface area (TPSA) is 92.1 Å². The maximum Gasteiger partial charge on any atom is 0.161 e. The fraction of sp³-hybridized carbons (Fsp3) is 0.0233. The molecule has 12 heteroatoms. The van der Waals surface area contributed by atoms with Crippen LogP contribution in [0.3, 0.4) is 0 Å². The van der Waals surface area contributed by atoms with E-state index in [0.29, 0.717) is 0 Å². The molecule has 9 heterocycles. The van der Waals surface area contributed by atoms with Crippen LogP contribution in [-0.2, 0) is 5.41 Å². The van der Waals surface area contributed by atoms with Crippen LogP contribution in [0, 0.1) is 0 Å². The number of hydrogen-bond acceptors (Lipinski definition) is 9. The number of hydrogen-bond donors (Lipinski definition) is 0. The Morgan fingerprint density at radius 3 is 0.965 bits per heavy atom. The zero-order chi connectivity index (χ0) is 93.3. The minimum atomic E-state index is -0.185. The monoisotopic (exact) mass is 1850 g/mol. The predicted molar refractivity (Wildman–Crippen MR) is 594 cm³/mol. The van der Waals surface area contributed by atoms with Crippen molar-refractivity contribution in [3.05, 3.63) is 478 Å². The minimum absolute atomic E-state index is 0.185. The fourth-order valence-electron chi connectivity index (χ4n) is 21.7. The average molecular weight is 1860 g/mol. The summed E-state index contributed by atoms with van der Waals surface area (Å²) < 4.78 is 14.7. The molecule has 0 saturated carbocycles. The van der Waals surface area contributed by atoms with E-state index in [9.17, 15) is 0 Å². The molecule has 1 aliphatic rings. The third-order valence-corrected chi connectivity index (χ3v) is 31.7. The molecule has 141 heavy (non-hydrogen) atoms. The zero-order valence-corrected chi connectivity index (χ0v) is 79.2. The van der Waals surface area contributed by atoms with E-state index in [1.165, 1.54) is 148 Å². The molecule has 1 aliphatic carbocycles. The van der Waals surface area contributed by atoms with E-state index in [1.807, 2.05) is 82.7 Å². The van der Waals surface area contributed by atoms with Crippen molar-refractivity contribution in [3.63, 3.8) is 0 Å². The van der Waals surface area contributed by atoms with E-state index >= 15 is 0 Å². The van der Waals surface area contributed by atoms with Crippen molar-refractivity contribution < 1.29 is 0 Å². The van der Waals surface area contributed by atoms with Crippen LogP contribution in [0.25, 0.3) is 256 Å². The molecule has 19 aromatic carbocycles. The van der Waals surface area contributed by atoms with E-state index in [1.54, 1.807) is 0 Å². The number of aromatic nitrogens is 9. The lowest BCUT2D eigenvalue weighted by Crippen LogP contribution is -2.16. The Hall–Kier alpha value is -17.5. The van der Waals surface area contributed by atoms with Crippen molar-refractivity contribution in [2.24, 2.45) is 0 Å². The highest BCUT2D eigenvalue weighted by Crippen LogP contribution is 2.54. The third-order valence-electron chi connectivity index (χ3n) is 28.1. The van der Waals surface area contributed by atoms with Crippen molar-refractivity contribution >= 4 is 160 Å². The second kappa shape index (κ2) is 34.0. The molecule has 0 aliphatic heterocycles. The normalized spacial score (nSPS) is 12.2. The van der Waals surface area contributed by atoms with Crippen LogP contribution in [0.15, 0.2) is 467 Å². The molecule has 0 fully saturated rings. The predicted octanol–water partition coefficient (Wildman–Crippen LogP) is 35.1. The summed E-state index contributed by atoms with van der Waals surface area (Å²) in [5, 5.41) is 14.9. The zero-order valence-electron chi connectivity index (χ0n) is 76.7. The molecule has 0 radical (unpaired) electrons. The fourth-order valence-corrected chi connectivity index (χ4v) is 25.3. The first-order chi connectivity index (χ1) is 69.7. The summed E-state index contributed by atoms with van der Waals surface area (Å²) >= 11 is 5.49. The molecule has 0 amide bonds. The van der Waals surface area contributed by atoms with Gasteiger partial charge in [-0.1, -0.05) is 372 Å². The van der Waals surface area contributed by atoms with Crippen molar-refractivity contribution in [3.8, 4) is 130 Å². The summed E-state index contributed by atoms with van der Waals surface area (Å²) in [4.78, 5) is 31.5. The Labute approximate surface area is 824 Å². The van der Waals surface area contributed by atoms with Gasteiger partial charge in [0, 0.05) is 177 Å². The first kappa shape index (κ1) is 82.9. The van der Waals surface area contributed by atoms with Gasteiger partial charge in [-0.15, -0.1) is 34.0 Å². The molecular formula is C129H83N9S3. The number of para-hydroxylation sites is 6. The van der Waals surface area contributed by atoms with Crippen LogP contribution in [0.2, 0.25) is 0 Å². The van der Waals surface area contributed by atoms with Gasteiger partial charge in [0.1, 0.15) is 0 Å². The number of nitrogens with zero attached hydrogens (tertiary/aromatic N) is 9. The quantitative estimate of drug-likeness (QED) is 0.121. The first-order valence-corrected chi connectivity index (χ1v) is 50.1. The molecule has 9 nitrogen and oxygen atoms in total. The maximum atomic E-state index is 5.56. The Morgan fingerprint density at radius 2 is 0.518 bits per heavy atom. The summed E-state index contributed by atoms with van der Waals surface area (Å²) in [7, 11) is 0. The van der Waals surface area contributed by atoms with Crippen molar-refractivity contribution in [2.75, 3.05) is 0 Å². The number of benzene rings is 19. The number of fused-ring (bicyclic) bond motifs is 21. The lowest BCUT2D eigenvalue weighted by Gasteiger charge is -2.24. The van der Waals surface area contributed by atoms with Gasteiger partial charge in [-0.3, -0.25) is 0 Å². The highest BCUT2D eigenvalue weighted by atomic mass is 32.1. The van der Waals surface area contributed by atoms with Gasteiger partial charge in [0.2, 0.25) is 0 Å². The first-order valence-electron chi connectivity index (χ1n) is 47.7. The highest BCUT2D eigenvalue weighted by Gasteiger charge is 2.38. The lowest BCUT2D eigenvalue weighted by atomic mass is 9.79. The number of rotatable bonds is 12. The van der Waals surface area contributed by atoms with Gasteiger partial charge in [0.25, 0.3) is 0 Å².